The Balaban J connectivity index is 1.75. The van der Waals surface area contributed by atoms with Gasteiger partial charge in [0.05, 0.1) is 12.7 Å². The molecule has 4 heteroatoms. The molecule has 2 unspecified atom stereocenters. The Bertz CT molecular complexity index is 232. The third-order valence-corrected chi connectivity index (χ3v) is 3.21. The van der Waals surface area contributed by atoms with Crippen molar-refractivity contribution in [1.82, 2.24) is 10.2 Å². The first-order chi connectivity index (χ1) is 7.38. The van der Waals surface area contributed by atoms with Crippen LogP contribution in [0.15, 0.2) is 0 Å². The highest BCUT2D eigenvalue weighted by Gasteiger charge is 2.23. The highest BCUT2D eigenvalue weighted by molar-refractivity contribution is 4.89. The van der Waals surface area contributed by atoms with Crippen LogP contribution in [0.3, 0.4) is 0 Å². The largest absolute Gasteiger partial charge is 0.361 e. The zero-order chi connectivity index (χ0) is 10.5. The zero-order valence-corrected chi connectivity index (χ0v) is 9.11. The van der Waals surface area contributed by atoms with Crippen molar-refractivity contribution < 1.29 is 4.74 Å². The molecule has 0 aliphatic carbocycles. The van der Waals surface area contributed by atoms with Crippen LogP contribution in [0.4, 0.5) is 0 Å². The first kappa shape index (κ1) is 10.9. The minimum atomic E-state index is -0.213. The van der Waals surface area contributed by atoms with Crippen molar-refractivity contribution in [3.8, 4) is 6.07 Å². The number of nitrogens with one attached hydrogen (secondary N) is 1. The lowest BCUT2D eigenvalue weighted by molar-refractivity contribution is -0.00618. The maximum atomic E-state index is 8.80. The number of nitrogens with zero attached hydrogens (tertiary/aromatic N) is 2. The molecule has 2 aliphatic heterocycles. The van der Waals surface area contributed by atoms with E-state index >= 15 is 0 Å². The van der Waals surface area contributed by atoms with E-state index in [1.54, 1.807) is 0 Å². The number of hydrogen-bond acceptors (Lipinski definition) is 4. The molecule has 84 valence electrons. The summed E-state index contributed by atoms with van der Waals surface area (Å²) in [5, 5.41) is 12.2. The van der Waals surface area contributed by atoms with Gasteiger partial charge >= 0.3 is 0 Å². The number of piperidine rings is 1. The summed E-state index contributed by atoms with van der Waals surface area (Å²) in [6.07, 6.45) is 2.40. The van der Waals surface area contributed by atoms with Gasteiger partial charge in [0.15, 0.2) is 6.10 Å². The van der Waals surface area contributed by atoms with E-state index in [9.17, 15) is 0 Å². The van der Waals surface area contributed by atoms with Gasteiger partial charge in [-0.05, 0) is 31.8 Å². The first-order valence-electron chi connectivity index (χ1n) is 5.83. The molecule has 0 amide bonds. The number of hydrogen-bond donors (Lipinski definition) is 1. The molecular formula is C11H19N3O. The van der Waals surface area contributed by atoms with Gasteiger partial charge in [-0.25, -0.2) is 0 Å². The Kier molecular flexibility index (Phi) is 3.95. The van der Waals surface area contributed by atoms with Gasteiger partial charge in [0.1, 0.15) is 0 Å². The molecule has 0 aromatic heterocycles. The molecule has 0 radical (unpaired) electrons. The molecule has 2 fully saturated rings. The number of rotatable bonds is 2. The maximum Gasteiger partial charge on any atom is 0.156 e. The fourth-order valence-corrected chi connectivity index (χ4v) is 2.39. The number of nitriles is 1. The van der Waals surface area contributed by atoms with Gasteiger partial charge in [0, 0.05) is 19.6 Å². The van der Waals surface area contributed by atoms with E-state index in [1.165, 1.54) is 19.4 Å². The molecular weight excluding hydrogens is 190 g/mol. The van der Waals surface area contributed by atoms with Crippen LogP contribution in [-0.4, -0.2) is 50.3 Å². The van der Waals surface area contributed by atoms with Crippen molar-refractivity contribution >= 4 is 0 Å². The lowest BCUT2D eigenvalue weighted by Crippen LogP contribution is -2.46. The molecule has 15 heavy (non-hydrogen) atoms. The molecule has 1 N–H and O–H groups in total. The second-order valence-electron chi connectivity index (χ2n) is 4.46. The van der Waals surface area contributed by atoms with E-state index in [1.807, 2.05) is 0 Å². The Morgan fingerprint density at radius 3 is 3.20 bits per heavy atom. The van der Waals surface area contributed by atoms with E-state index < -0.39 is 0 Å². The highest BCUT2D eigenvalue weighted by Crippen LogP contribution is 2.14. The van der Waals surface area contributed by atoms with E-state index in [0.29, 0.717) is 6.61 Å². The first-order valence-corrected chi connectivity index (χ1v) is 5.83. The average molecular weight is 209 g/mol. The molecule has 0 spiro atoms. The van der Waals surface area contributed by atoms with E-state index in [0.717, 1.165) is 32.1 Å². The minimum Gasteiger partial charge on any atom is -0.361 e. The van der Waals surface area contributed by atoms with Gasteiger partial charge in [-0.1, -0.05) is 0 Å². The van der Waals surface area contributed by atoms with Crippen LogP contribution < -0.4 is 5.32 Å². The molecule has 2 atom stereocenters. The van der Waals surface area contributed by atoms with Gasteiger partial charge in [0.2, 0.25) is 0 Å². The lowest BCUT2D eigenvalue weighted by Gasteiger charge is -2.34. The van der Waals surface area contributed by atoms with Crippen LogP contribution in [-0.2, 0) is 4.74 Å². The van der Waals surface area contributed by atoms with Crippen LogP contribution in [0.25, 0.3) is 0 Å². The van der Waals surface area contributed by atoms with Crippen LogP contribution in [0.1, 0.15) is 12.8 Å². The Morgan fingerprint density at radius 1 is 1.53 bits per heavy atom. The summed E-state index contributed by atoms with van der Waals surface area (Å²) in [5.74, 6) is 0.760. The zero-order valence-electron chi connectivity index (χ0n) is 9.11. The fourth-order valence-electron chi connectivity index (χ4n) is 2.39. The van der Waals surface area contributed by atoms with Gasteiger partial charge < -0.3 is 10.1 Å². The molecule has 2 saturated heterocycles. The third kappa shape index (κ3) is 3.16. The topological polar surface area (TPSA) is 48.3 Å². The minimum absolute atomic E-state index is 0.213. The Hall–Kier alpha value is -0.630. The van der Waals surface area contributed by atoms with Crippen molar-refractivity contribution in [3.05, 3.63) is 0 Å². The van der Waals surface area contributed by atoms with Crippen LogP contribution in [0, 0.1) is 17.2 Å². The Labute approximate surface area is 91.2 Å². The smallest absolute Gasteiger partial charge is 0.156 e. The molecule has 4 nitrogen and oxygen atoms in total. The van der Waals surface area contributed by atoms with Crippen molar-refractivity contribution in [2.24, 2.45) is 5.92 Å². The van der Waals surface area contributed by atoms with E-state index in [-0.39, 0.29) is 6.10 Å². The predicted octanol–water partition coefficient (Wildman–Crippen LogP) is 0.210. The Morgan fingerprint density at radius 2 is 2.47 bits per heavy atom. The van der Waals surface area contributed by atoms with E-state index in [2.05, 4.69) is 16.3 Å². The van der Waals surface area contributed by atoms with Crippen molar-refractivity contribution in [2.75, 3.05) is 39.3 Å². The highest BCUT2D eigenvalue weighted by atomic mass is 16.5. The number of ether oxygens (including phenoxy) is 1. The molecule has 0 bridgehead atoms. The lowest BCUT2D eigenvalue weighted by atomic mass is 9.99. The summed E-state index contributed by atoms with van der Waals surface area (Å²) >= 11 is 0. The van der Waals surface area contributed by atoms with Gasteiger partial charge in [-0.15, -0.1) is 0 Å². The molecule has 2 heterocycles. The monoisotopic (exact) mass is 209 g/mol. The predicted molar refractivity (Wildman–Crippen MR) is 57.4 cm³/mol. The second-order valence-corrected chi connectivity index (χ2v) is 4.46. The number of morpholine rings is 1. The van der Waals surface area contributed by atoms with Crippen molar-refractivity contribution in [3.63, 3.8) is 0 Å². The van der Waals surface area contributed by atoms with Gasteiger partial charge in [0.25, 0.3) is 0 Å². The summed E-state index contributed by atoms with van der Waals surface area (Å²) in [6.45, 7) is 5.89. The molecule has 0 aromatic carbocycles. The molecule has 2 aliphatic rings. The van der Waals surface area contributed by atoms with Crippen LogP contribution >= 0.6 is 0 Å². The summed E-state index contributed by atoms with van der Waals surface area (Å²) in [6, 6.07) is 2.19. The third-order valence-electron chi connectivity index (χ3n) is 3.21. The van der Waals surface area contributed by atoms with Gasteiger partial charge in [-0.2, -0.15) is 5.26 Å². The summed E-state index contributed by atoms with van der Waals surface area (Å²) < 4.78 is 5.33. The molecule has 0 saturated carbocycles. The summed E-state index contributed by atoms with van der Waals surface area (Å²) in [4.78, 5) is 2.37. The van der Waals surface area contributed by atoms with E-state index in [4.69, 9.17) is 10.00 Å². The molecule has 2 rings (SSSR count). The van der Waals surface area contributed by atoms with Crippen LogP contribution in [0.2, 0.25) is 0 Å². The normalized spacial score (nSPS) is 33.5. The second kappa shape index (κ2) is 5.45. The van der Waals surface area contributed by atoms with Crippen molar-refractivity contribution in [1.29, 1.82) is 5.26 Å². The average Bonchev–Trinajstić information content (AvgIpc) is 2.31. The fraction of sp³-hybridized carbons (Fsp3) is 0.909. The maximum absolute atomic E-state index is 8.80. The summed E-state index contributed by atoms with van der Waals surface area (Å²) in [5.41, 5.74) is 0. The molecule has 0 aromatic rings. The summed E-state index contributed by atoms with van der Waals surface area (Å²) in [7, 11) is 0. The van der Waals surface area contributed by atoms with Crippen molar-refractivity contribution in [2.45, 2.75) is 18.9 Å². The SMILES string of the molecule is N#CC1CN(CC2CCCNC2)CCO1. The van der Waals surface area contributed by atoms with Crippen LogP contribution in [0.5, 0.6) is 0 Å². The standard InChI is InChI=1S/C11H19N3O/c12-6-11-9-14(4-5-15-11)8-10-2-1-3-13-7-10/h10-11,13H,1-5,7-9H2. The quantitative estimate of drug-likeness (QED) is 0.706. The van der Waals surface area contributed by atoms with Gasteiger partial charge in [-0.3, -0.25) is 4.90 Å².